The lowest BCUT2D eigenvalue weighted by atomic mass is 10.0. The van der Waals surface area contributed by atoms with Crippen LogP contribution in [-0.2, 0) is 4.79 Å². The number of carbonyl (C=O) groups excluding carboxylic acids is 1. The summed E-state index contributed by atoms with van der Waals surface area (Å²) in [5.41, 5.74) is 2.25. The van der Waals surface area contributed by atoms with Crippen molar-refractivity contribution in [1.29, 1.82) is 0 Å². The van der Waals surface area contributed by atoms with Crippen LogP contribution < -0.4 is 5.32 Å². The quantitative estimate of drug-likeness (QED) is 0.888. The number of hydrogen-bond acceptors (Lipinski definition) is 2. The highest BCUT2D eigenvalue weighted by atomic mass is 16.2. The monoisotopic (exact) mass is 296 g/mol. The Morgan fingerprint density at radius 2 is 1.45 bits per heavy atom. The highest BCUT2D eigenvalue weighted by Gasteiger charge is 2.22. The zero-order valence-electron chi connectivity index (χ0n) is 13.5. The third kappa shape index (κ3) is 4.18. The van der Waals surface area contributed by atoms with E-state index in [1.807, 2.05) is 67.5 Å². The van der Waals surface area contributed by atoms with Gasteiger partial charge >= 0.3 is 0 Å². The van der Waals surface area contributed by atoms with Crippen molar-refractivity contribution in [3.8, 4) is 0 Å². The minimum absolute atomic E-state index is 0.0407. The molecule has 0 aliphatic carbocycles. The highest BCUT2D eigenvalue weighted by molar-refractivity contribution is 5.83. The van der Waals surface area contributed by atoms with E-state index >= 15 is 0 Å². The van der Waals surface area contributed by atoms with Crippen LogP contribution in [0.3, 0.4) is 0 Å². The van der Waals surface area contributed by atoms with Gasteiger partial charge in [-0.25, -0.2) is 0 Å². The van der Waals surface area contributed by atoms with Gasteiger partial charge in [-0.2, -0.15) is 0 Å². The summed E-state index contributed by atoms with van der Waals surface area (Å²) < 4.78 is 0. The van der Waals surface area contributed by atoms with Crippen molar-refractivity contribution in [1.82, 2.24) is 10.2 Å². The summed E-state index contributed by atoms with van der Waals surface area (Å²) in [5, 5.41) is 3.08. The molecule has 1 N–H and O–H groups in total. The van der Waals surface area contributed by atoms with Crippen molar-refractivity contribution >= 4 is 5.91 Å². The average Bonchev–Trinajstić information content (AvgIpc) is 2.54. The first-order valence-electron chi connectivity index (χ1n) is 7.63. The molecule has 116 valence electrons. The van der Waals surface area contributed by atoms with Gasteiger partial charge in [-0.1, -0.05) is 67.6 Å². The molecular formula is C19H24N2O. The van der Waals surface area contributed by atoms with Gasteiger partial charge in [-0.15, -0.1) is 0 Å². The molecule has 2 atom stereocenters. The first-order chi connectivity index (χ1) is 10.6. The molecule has 0 saturated heterocycles. The zero-order chi connectivity index (χ0) is 15.9. The molecule has 2 aromatic carbocycles. The minimum Gasteiger partial charge on any atom is -0.354 e. The molecule has 2 aromatic rings. The van der Waals surface area contributed by atoms with Crippen LogP contribution in [0.2, 0.25) is 0 Å². The molecule has 3 heteroatoms. The Labute approximate surface area is 133 Å². The second-order valence-corrected chi connectivity index (χ2v) is 5.83. The van der Waals surface area contributed by atoms with E-state index < -0.39 is 0 Å². The van der Waals surface area contributed by atoms with Crippen LogP contribution in [0.4, 0.5) is 0 Å². The summed E-state index contributed by atoms with van der Waals surface area (Å²) in [7, 11) is 3.86. The standard InChI is InChI=1S/C19H24N2O/c1-15(16-10-6-4-7-11-16)14-20-19(22)18(21(2)3)17-12-8-5-9-13-17/h4-13,15,18H,14H2,1-3H3,(H,20,22). The van der Waals surface area contributed by atoms with E-state index in [1.165, 1.54) is 5.56 Å². The zero-order valence-corrected chi connectivity index (χ0v) is 13.5. The molecule has 0 aromatic heterocycles. The van der Waals surface area contributed by atoms with Crippen LogP contribution in [0, 0.1) is 0 Å². The lowest BCUT2D eigenvalue weighted by Crippen LogP contribution is -2.38. The van der Waals surface area contributed by atoms with Gasteiger partial charge in [-0.05, 0) is 31.1 Å². The van der Waals surface area contributed by atoms with Gasteiger partial charge < -0.3 is 5.32 Å². The Bertz CT molecular complexity index is 581. The number of rotatable bonds is 6. The molecular weight excluding hydrogens is 272 g/mol. The van der Waals surface area contributed by atoms with Gasteiger partial charge in [0.2, 0.25) is 5.91 Å². The molecule has 0 saturated carbocycles. The third-order valence-electron chi connectivity index (χ3n) is 3.83. The van der Waals surface area contributed by atoms with E-state index in [4.69, 9.17) is 0 Å². The summed E-state index contributed by atoms with van der Waals surface area (Å²) in [4.78, 5) is 14.5. The highest BCUT2D eigenvalue weighted by Crippen LogP contribution is 2.19. The number of hydrogen-bond donors (Lipinski definition) is 1. The first kappa shape index (κ1) is 16.2. The normalized spacial score (nSPS) is 13.6. The van der Waals surface area contributed by atoms with Crippen LogP contribution >= 0.6 is 0 Å². The average molecular weight is 296 g/mol. The summed E-state index contributed by atoms with van der Waals surface area (Å²) >= 11 is 0. The van der Waals surface area contributed by atoms with Gasteiger partial charge in [-0.3, -0.25) is 9.69 Å². The lowest BCUT2D eigenvalue weighted by Gasteiger charge is -2.24. The first-order valence-corrected chi connectivity index (χ1v) is 7.63. The Balaban J connectivity index is 2.00. The number of benzene rings is 2. The fraction of sp³-hybridized carbons (Fsp3) is 0.316. The van der Waals surface area contributed by atoms with Gasteiger partial charge in [0, 0.05) is 6.54 Å². The fourth-order valence-electron chi connectivity index (χ4n) is 2.57. The molecule has 0 fully saturated rings. The molecule has 2 rings (SSSR count). The molecule has 1 amide bonds. The number of carbonyl (C=O) groups is 1. The molecule has 0 aliphatic rings. The van der Waals surface area contributed by atoms with E-state index in [-0.39, 0.29) is 11.9 Å². The van der Waals surface area contributed by atoms with Crippen LogP contribution in [0.1, 0.15) is 30.0 Å². The van der Waals surface area contributed by atoms with Crippen LogP contribution in [-0.4, -0.2) is 31.4 Å². The van der Waals surface area contributed by atoms with Crippen LogP contribution in [0.25, 0.3) is 0 Å². The van der Waals surface area contributed by atoms with E-state index in [0.717, 1.165) is 5.56 Å². The number of nitrogens with one attached hydrogen (secondary N) is 1. The third-order valence-corrected chi connectivity index (χ3v) is 3.83. The summed E-state index contributed by atoms with van der Waals surface area (Å²) in [6.07, 6.45) is 0. The van der Waals surface area contributed by atoms with Crippen molar-refractivity contribution in [3.63, 3.8) is 0 Å². The molecule has 3 nitrogen and oxygen atoms in total. The molecule has 0 heterocycles. The van der Waals surface area contributed by atoms with Crippen molar-refractivity contribution in [2.45, 2.75) is 18.9 Å². The molecule has 2 unspecified atom stereocenters. The maximum Gasteiger partial charge on any atom is 0.241 e. The minimum atomic E-state index is -0.260. The fourth-order valence-corrected chi connectivity index (χ4v) is 2.57. The topological polar surface area (TPSA) is 32.3 Å². The van der Waals surface area contributed by atoms with E-state index in [2.05, 4.69) is 24.4 Å². The summed E-state index contributed by atoms with van der Waals surface area (Å²) in [5.74, 6) is 0.336. The summed E-state index contributed by atoms with van der Waals surface area (Å²) in [6, 6.07) is 19.9. The lowest BCUT2D eigenvalue weighted by molar-refractivity contribution is -0.125. The maximum atomic E-state index is 12.6. The summed E-state index contributed by atoms with van der Waals surface area (Å²) in [6.45, 7) is 2.77. The predicted molar refractivity (Wildman–Crippen MR) is 90.7 cm³/mol. The van der Waals surface area contributed by atoms with Gasteiger partial charge in [0.1, 0.15) is 6.04 Å². The van der Waals surface area contributed by atoms with Crippen LogP contribution in [0.15, 0.2) is 60.7 Å². The van der Waals surface area contributed by atoms with Crippen molar-refractivity contribution in [2.75, 3.05) is 20.6 Å². The Morgan fingerprint density at radius 3 is 1.95 bits per heavy atom. The number of likely N-dealkylation sites (N-methyl/N-ethyl adjacent to an activating group) is 1. The molecule has 0 aliphatic heterocycles. The molecule has 0 bridgehead atoms. The van der Waals surface area contributed by atoms with Gasteiger partial charge in [0.15, 0.2) is 0 Å². The van der Waals surface area contributed by atoms with Crippen molar-refractivity contribution in [3.05, 3.63) is 71.8 Å². The van der Waals surface area contributed by atoms with Crippen LogP contribution in [0.5, 0.6) is 0 Å². The van der Waals surface area contributed by atoms with E-state index in [0.29, 0.717) is 12.5 Å². The van der Waals surface area contributed by atoms with Gasteiger partial charge in [0.05, 0.1) is 0 Å². The van der Waals surface area contributed by atoms with Gasteiger partial charge in [0.25, 0.3) is 0 Å². The number of amides is 1. The molecule has 22 heavy (non-hydrogen) atoms. The largest absolute Gasteiger partial charge is 0.354 e. The predicted octanol–water partition coefficient (Wildman–Crippen LogP) is 3.21. The van der Waals surface area contributed by atoms with E-state index in [9.17, 15) is 4.79 Å². The smallest absolute Gasteiger partial charge is 0.241 e. The Kier molecular flexibility index (Phi) is 5.73. The molecule has 0 spiro atoms. The Hall–Kier alpha value is -2.13. The SMILES string of the molecule is CC(CNC(=O)C(c1ccccc1)N(C)C)c1ccccc1. The maximum absolute atomic E-state index is 12.6. The van der Waals surface area contributed by atoms with E-state index in [1.54, 1.807) is 0 Å². The second kappa shape index (κ2) is 7.76. The van der Waals surface area contributed by atoms with Crippen molar-refractivity contribution < 1.29 is 4.79 Å². The Morgan fingerprint density at radius 1 is 0.955 bits per heavy atom. The second-order valence-electron chi connectivity index (χ2n) is 5.83. The molecule has 0 radical (unpaired) electrons. The number of nitrogens with zero attached hydrogens (tertiary/aromatic N) is 1. The van der Waals surface area contributed by atoms with Crippen molar-refractivity contribution in [2.24, 2.45) is 0 Å².